The van der Waals surface area contributed by atoms with E-state index < -0.39 is 0 Å². The lowest BCUT2D eigenvalue weighted by molar-refractivity contribution is -0.131. The minimum Gasteiger partial charge on any atom is -0.494 e. The van der Waals surface area contributed by atoms with Crippen LogP contribution < -0.4 is 9.47 Å². The smallest absolute Gasteiger partial charge is 0.308 e. The number of hydrogen-bond acceptors (Lipinski definition) is 3. The molecule has 0 fully saturated rings. The maximum atomic E-state index is 11.0. The Morgan fingerprint density at radius 3 is 2.38 bits per heavy atom. The Morgan fingerprint density at radius 2 is 1.76 bits per heavy atom. The van der Waals surface area contributed by atoms with Gasteiger partial charge in [-0.3, -0.25) is 4.79 Å². The molecule has 110 valence electrons. The van der Waals surface area contributed by atoms with Gasteiger partial charge in [-0.25, -0.2) is 0 Å². The fourth-order valence-corrected chi connectivity index (χ4v) is 2.19. The molecule has 0 aromatic heterocycles. The third kappa shape index (κ3) is 4.50. The Labute approximate surface area is 129 Å². The lowest BCUT2D eigenvalue weighted by atomic mass is 10.0. The number of carbonyl (C=O) groups excluding carboxylic acids is 1. The number of benzene rings is 2. The van der Waals surface area contributed by atoms with Crippen molar-refractivity contribution in [3.05, 3.63) is 58.6 Å². The Balaban J connectivity index is 2.16. The van der Waals surface area contributed by atoms with Crippen molar-refractivity contribution in [1.29, 1.82) is 0 Å². The lowest BCUT2D eigenvalue weighted by Gasteiger charge is -2.09. The number of rotatable bonds is 5. The molecule has 0 spiro atoms. The Kier molecular flexibility index (Phi) is 5.23. The molecular weight excluding hydrogens is 288 g/mol. The normalized spacial score (nSPS) is 10.2. The third-order valence-corrected chi connectivity index (χ3v) is 3.28. The Bertz CT molecular complexity index is 620. The summed E-state index contributed by atoms with van der Waals surface area (Å²) in [6, 6.07) is 13.1. The average molecular weight is 305 g/mol. The minimum absolute atomic E-state index is 0.343. The van der Waals surface area contributed by atoms with Crippen molar-refractivity contribution in [3.63, 3.8) is 0 Å². The molecule has 2 rings (SSSR count). The summed E-state index contributed by atoms with van der Waals surface area (Å²) < 4.78 is 10.5. The molecule has 4 heteroatoms. The van der Waals surface area contributed by atoms with Crippen LogP contribution in [-0.2, 0) is 11.2 Å². The molecule has 0 saturated heterocycles. The van der Waals surface area contributed by atoms with E-state index in [0.717, 1.165) is 16.9 Å². The molecule has 0 aliphatic rings. The predicted octanol–water partition coefficient (Wildman–Crippen LogP) is 4.25. The van der Waals surface area contributed by atoms with Crippen molar-refractivity contribution in [2.45, 2.75) is 20.3 Å². The summed E-state index contributed by atoms with van der Waals surface area (Å²) in [5.74, 6) is 1.01. The van der Waals surface area contributed by atoms with Gasteiger partial charge in [-0.15, -0.1) is 0 Å². The summed E-state index contributed by atoms with van der Waals surface area (Å²) in [5.41, 5.74) is 2.03. The molecule has 0 saturated carbocycles. The molecule has 0 amide bonds. The van der Waals surface area contributed by atoms with Crippen molar-refractivity contribution in [2.24, 2.45) is 0 Å². The van der Waals surface area contributed by atoms with E-state index in [0.29, 0.717) is 23.8 Å². The standard InChI is InChI=1S/C17H17ClO3/c1-3-20-15-6-4-13(5-7-15)10-14-11-16(21-12(2)19)8-9-17(14)18/h4-9,11H,3,10H2,1-2H3. The predicted molar refractivity (Wildman–Crippen MR) is 83.2 cm³/mol. The highest BCUT2D eigenvalue weighted by Crippen LogP contribution is 2.25. The molecule has 0 aliphatic heterocycles. The first-order valence-corrected chi connectivity index (χ1v) is 7.15. The van der Waals surface area contributed by atoms with E-state index in [1.165, 1.54) is 6.92 Å². The first kappa shape index (κ1) is 15.4. The van der Waals surface area contributed by atoms with Gasteiger partial charge < -0.3 is 9.47 Å². The molecule has 0 N–H and O–H groups in total. The van der Waals surface area contributed by atoms with E-state index >= 15 is 0 Å². The zero-order valence-electron chi connectivity index (χ0n) is 12.1. The van der Waals surface area contributed by atoms with Crippen molar-refractivity contribution < 1.29 is 14.3 Å². The first-order chi connectivity index (χ1) is 10.1. The lowest BCUT2D eigenvalue weighted by Crippen LogP contribution is -2.02. The van der Waals surface area contributed by atoms with Gasteiger partial charge in [0.1, 0.15) is 11.5 Å². The fraction of sp³-hybridized carbons (Fsp3) is 0.235. The van der Waals surface area contributed by atoms with Crippen molar-refractivity contribution in [2.75, 3.05) is 6.61 Å². The van der Waals surface area contributed by atoms with E-state index in [1.54, 1.807) is 18.2 Å². The van der Waals surface area contributed by atoms with Gasteiger partial charge in [0.25, 0.3) is 0 Å². The second kappa shape index (κ2) is 7.14. The first-order valence-electron chi connectivity index (χ1n) is 6.77. The van der Waals surface area contributed by atoms with Gasteiger partial charge in [-0.1, -0.05) is 23.7 Å². The number of halogens is 1. The molecule has 0 radical (unpaired) electrons. The highest BCUT2D eigenvalue weighted by molar-refractivity contribution is 6.31. The molecule has 3 nitrogen and oxygen atoms in total. The summed E-state index contributed by atoms with van der Waals surface area (Å²) in [6.45, 7) is 3.98. The van der Waals surface area contributed by atoms with Crippen LogP contribution in [0.4, 0.5) is 0 Å². The zero-order chi connectivity index (χ0) is 15.2. The molecule has 0 atom stereocenters. The second-order valence-electron chi connectivity index (χ2n) is 4.60. The van der Waals surface area contributed by atoms with Crippen LogP contribution >= 0.6 is 11.6 Å². The summed E-state index contributed by atoms with van der Waals surface area (Å²) in [4.78, 5) is 11.0. The monoisotopic (exact) mass is 304 g/mol. The van der Waals surface area contributed by atoms with Gasteiger partial charge in [0.15, 0.2) is 0 Å². The summed E-state index contributed by atoms with van der Waals surface area (Å²) in [6.07, 6.45) is 0.667. The summed E-state index contributed by atoms with van der Waals surface area (Å²) >= 11 is 6.20. The highest BCUT2D eigenvalue weighted by Gasteiger charge is 2.06. The molecule has 0 aliphatic carbocycles. The molecule has 0 heterocycles. The second-order valence-corrected chi connectivity index (χ2v) is 5.01. The number of esters is 1. The van der Waals surface area contributed by atoms with Crippen molar-refractivity contribution in [1.82, 2.24) is 0 Å². The number of ether oxygens (including phenoxy) is 2. The molecule has 0 unspecified atom stereocenters. The van der Waals surface area contributed by atoms with Crippen LogP contribution in [0.2, 0.25) is 5.02 Å². The minimum atomic E-state index is -0.343. The summed E-state index contributed by atoms with van der Waals surface area (Å²) in [7, 11) is 0. The average Bonchev–Trinajstić information content (AvgIpc) is 2.44. The van der Waals surface area contributed by atoms with Crippen LogP contribution in [0.5, 0.6) is 11.5 Å². The van der Waals surface area contributed by atoms with Gasteiger partial charge in [-0.05, 0) is 54.8 Å². The van der Waals surface area contributed by atoms with Crippen molar-refractivity contribution in [3.8, 4) is 11.5 Å². The van der Waals surface area contributed by atoms with Gasteiger partial charge >= 0.3 is 5.97 Å². The third-order valence-electron chi connectivity index (χ3n) is 2.91. The van der Waals surface area contributed by atoms with Crippen LogP contribution in [0.25, 0.3) is 0 Å². The van der Waals surface area contributed by atoms with Crippen LogP contribution in [0, 0.1) is 0 Å². The van der Waals surface area contributed by atoms with Gasteiger partial charge in [0.2, 0.25) is 0 Å². The highest BCUT2D eigenvalue weighted by atomic mass is 35.5. The quantitative estimate of drug-likeness (QED) is 0.612. The van der Waals surface area contributed by atoms with Gasteiger partial charge in [0.05, 0.1) is 6.61 Å². The SMILES string of the molecule is CCOc1ccc(Cc2cc(OC(C)=O)ccc2Cl)cc1. The maximum Gasteiger partial charge on any atom is 0.308 e. The zero-order valence-corrected chi connectivity index (χ0v) is 12.8. The van der Waals surface area contributed by atoms with E-state index in [1.807, 2.05) is 31.2 Å². The van der Waals surface area contributed by atoms with E-state index in [9.17, 15) is 4.79 Å². The largest absolute Gasteiger partial charge is 0.494 e. The molecular formula is C17H17ClO3. The van der Waals surface area contributed by atoms with E-state index in [2.05, 4.69) is 0 Å². The van der Waals surface area contributed by atoms with Crippen molar-refractivity contribution >= 4 is 17.6 Å². The summed E-state index contributed by atoms with van der Waals surface area (Å²) in [5, 5.41) is 0.653. The fourth-order valence-electron chi connectivity index (χ4n) is 2.01. The van der Waals surface area contributed by atoms with Crippen LogP contribution in [0.15, 0.2) is 42.5 Å². The topological polar surface area (TPSA) is 35.5 Å². The Hall–Kier alpha value is -2.00. The molecule has 21 heavy (non-hydrogen) atoms. The number of hydrogen-bond donors (Lipinski definition) is 0. The number of carbonyl (C=O) groups is 1. The van der Waals surface area contributed by atoms with Crippen LogP contribution in [0.3, 0.4) is 0 Å². The van der Waals surface area contributed by atoms with Gasteiger partial charge in [-0.2, -0.15) is 0 Å². The van der Waals surface area contributed by atoms with Crippen LogP contribution in [-0.4, -0.2) is 12.6 Å². The molecule has 2 aromatic rings. The van der Waals surface area contributed by atoms with E-state index in [4.69, 9.17) is 21.1 Å². The van der Waals surface area contributed by atoms with Gasteiger partial charge in [0, 0.05) is 11.9 Å². The Morgan fingerprint density at radius 1 is 1.10 bits per heavy atom. The molecule has 0 bridgehead atoms. The van der Waals surface area contributed by atoms with E-state index in [-0.39, 0.29) is 5.97 Å². The maximum absolute atomic E-state index is 11.0. The van der Waals surface area contributed by atoms with Crippen LogP contribution in [0.1, 0.15) is 25.0 Å². The molecule has 2 aromatic carbocycles.